The fraction of sp³-hybridized carbons (Fsp3) is 0.0455. The summed E-state index contributed by atoms with van der Waals surface area (Å²) < 4.78 is 0. The minimum atomic E-state index is -0.462. The Morgan fingerprint density at radius 2 is 1.40 bits per heavy atom. The van der Waals surface area contributed by atoms with Gasteiger partial charge in [0.1, 0.15) is 0 Å². The van der Waals surface area contributed by atoms with E-state index in [2.05, 4.69) is 30.5 Å². The van der Waals surface area contributed by atoms with Gasteiger partial charge in [-0.15, -0.1) is 0 Å². The van der Waals surface area contributed by atoms with E-state index in [1.165, 1.54) is 0 Å². The van der Waals surface area contributed by atoms with Gasteiger partial charge < -0.3 is 4.90 Å². The van der Waals surface area contributed by atoms with Crippen LogP contribution in [0.1, 0.15) is 21.5 Å². The number of carbonyl (C=O) groups excluding carboxylic acids is 1. The quantitative estimate of drug-likeness (QED) is 0.513. The van der Waals surface area contributed by atoms with Crippen molar-refractivity contribution in [3.63, 3.8) is 0 Å². The molecule has 0 aliphatic heterocycles. The molecule has 0 saturated heterocycles. The van der Waals surface area contributed by atoms with Gasteiger partial charge >= 0.3 is 0 Å². The van der Waals surface area contributed by atoms with Crippen molar-refractivity contribution in [2.45, 2.75) is 6.92 Å². The molecule has 3 rings (SSSR count). The third-order valence-corrected chi connectivity index (χ3v) is 4.30. The number of hydrogen-bond acceptors (Lipinski definition) is 2. The Morgan fingerprint density at radius 3 is 2.00 bits per heavy atom. The van der Waals surface area contributed by atoms with Gasteiger partial charge in [-0.25, -0.2) is 0 Å². The third kappa shape index (κ3) is 3.65. The van der Waals surface area contributed by atoms with E-state index in [1.807, 2.05) is 54.6 Å². The van der Waals surface area contributed by atoms with Crippen molar-refractivity contribution in [3.8, 4) is 0 Å². The van der Waals surface area contributed by atoms with E-state index in [4.69, 9.17) is 11.6 Å². The van der Waals surface area contributed by atoms with Gasteiger partial charge in [-0.2, -0.15) is 0 Å². The Kier molecular flexibility index (Phi) is 5.01. The van der Waals surface area contributed by atoms with Gasteiger partial charge in [0.2, 0.25) is 0 Å². The van der Waals surface area contributed by atoms with Crippen molar-refractivity contribution in [2.75, 3.05) is 4.90 Å². The molecule has 0 atom stereocenters. The molecule has 0 saturated carbocycles. The Balaban J connectivity index is 2.07. The topological polar surface area (TPSA) is 20.3 Å². The molecule has 0 heterocycles. The van der Waals surface area contributed by atoms with Gasteiger partial charge in [0.15, 0.2) is 0 Å². The van der Waals surface area contributed by atoms with Gasteiger partial charge in [0.05, 0.1) is 0 Å². The molecule has 0 radical (unpaired) electrons. The number of rotatable bonds is 5. The molecule has 3 heteroatoms. The lowest BCUT2D eigenvalue weighted by molar-refractivity contribution is 0.108. The normalized spacial score (nSPS) is 10.3. The van der Waals surface area contributed by atoms with Crippen LogP contribution < -0.4 is 4.90 Å². The highest BCUT2D eigenvalue weighted by molar-refractivity contribution is 6.67. The Labute approximate surface area is 153 Å². The van der Waals surface area contributed by atoms with E-state index in [9.17, 15) is 4.79 Å². The molecule has 0 aliphatic carbocycles. The first-order valence-corrected chi connectivity index (χ1v) is 8.35. The summed E-state index contributed by atoms with van der Waals surface area (Å²) in [7, 11) is 0. The summed E-state index contributed by atoms with van der Waals surface area (Å²) in [4.78, 5) is 13.4. The van der Waals surface area contributed by atoms with E-state index in [0.29, 0.717) is 5.56 Å². The van der Waals surface area contributed by atoms with Crippen molar-refractivity contribution in [1.29, 1.82) is 0 Å². The standard InChI is InChI=1S/C22H18ClNO/c1-16-8-6-7-11-21(16)24(20-9-4-3-5-10-20)17(2)18-12-14-19(15-13-18)22(23)25/h3-15H,2H2,1H3. The number of carbonyl (C=O) groups is 1. The first-order valence-electron chi connectivity index (χ1n) is 7.98. The minimum absolute atomic E-state index is 0.462. The molecular weight excluding hydrogens is 330 g/mol. The smallest absolute Gasteiger partial charge is 0.252 e. The van der Waals surface area contributed by atoms with E-state index in [-0.39, 0.29) is 0 Å². The van der Waals surface area contributed by atoms with E-state index in [0.717, 1.165) is 28.2 Å². The van der Waals surface area contributed by atoms with Gasteiger partial charge in [0, 0.05) is 22.6 Å². The fourth-order valence-corrected chi connectivity index (χ4v) is 2.88. The van der Waals surface area contributed by atoms with Crippen LogP contribution in [0, 0.1) is 6.92 Å². The number of nitrogens with zero attached hydrogens (tertiary/aromatic N) is 1. The average molecular weight is 348 g/mol. The van der Waals surface area contributed by atoms with Crippen LogP contribution in [0.2, 0.25) is 0 Å². The molecule has 124 valence electrons. The fourth-order valence-electron chi connectivity index (χ4n) is 2.75. The van der Waals surface area contributed by atoms with Crippen molar-refractivity contribution < 1.29 is 4.79 Å². The molecule has 0 aromatic heterocycles. The molecule has 3 aromatic rings. The summed E-state index contributed by atoms with van der Waals surface area (Å²) >= 11 is 5.54. The Bertz CT molecular complexity index is 901. The Hall–Kier alpha value is -2.84. The molecule has 0 bridgehead atoms. The first-order chi connectivity index (χ1) is 12.1. The van der Waals surface area contributed by atoms with E-state index in [1.54, 1.807) is 12.1 Å². The monoisotopic (exact) mass is 347 g/mol. The number of halogens is 1. The maximum absolute atomic E-state index is 11.3. The van der Waals surface area contributed by atoms with Crippen molar-refractivity contribution >= 4 is 33.9 Å². The zero-order valence-electron chi connectivity index (χ0n) is 13.9. The van der Waals surface area contributed by atoms with Crippen LogP contribution in [0.3, 0.4) is 0 Å². The number of para-hydroxylation sites is 2. The summed E-state index contributed by atoms with van der Waals surface area (Å²) in [6.45, 7) is 6.38. The highest BCUT2D eigenvalue weighted by Gasteiger charge is 2.16. The second kappa shape index (κ2) is 7.37. The van der Waals surface area contributed by atoms with Crippen molar-refractivity contribution in [1.82, 2.24) is 0 Å². The zero-order chi connectivity index (χ0) is 17.8. The van der Waals surface area contributed by atoms with Crippen LogP contribution in [0.4, 0.5) is 11.4 Å². The summed E-state index contributed by atoms with van der Waals surface area (Å²) in [5.74, 6) is 0. The molecule has 3 aromatic carbocycles. The van der Waals surface area contributed by atoms with Crippen molar-refractivity contribution in [2.24, 2.45) is 0 Å². The minimum Gasteiger partial charge on any atom is -0.310 e. The van der Waals surface area contributed by atoms with Gasteiger partial charge in [0.25, 0.3) is 5.24 Å². The van der Waals surface area contributed by atoms with Gasteiger partial charge in [-0.3, -0.25) is 4.79 Å². The summed E-state index contributed by atoms with van der Waals surface area (Å²) in [5, 5.41) is -0.462. The predicted molar refractivity (Wildman–Crippen MR) is 105 cm³/mol. The van der Waals surface area contributed by atoms with Crippen LogP contribution in [0.15, 0.2) is 85.4 Å². The predicted octanol–water partition coefficient (Wildman–Crippen LogP) is 6.18. The Morgan fingerprint density at radius 1 is 0.840 bits per heavy atom. The van der Waals surface area contributed by atoms with Gasteiger partial charge in [-0.05, 0) is 60.0 Å². The SMILES string of the molecule is C=C(c1ccc(C(=O)Cl)cc1)N(c1ccccc1)c1ccccc1C. The highest BCUT2D eigenvalue weighted by Crippen LogP contribution is 2.35. The number of benzene rings is 3. The molecule has 0 spiro atoms. The lowest BCUT2D eigenvalue weighted by Crippen LogP contribution is -2.15. The van der Waals surface area contributed by atoms with Crippen LogP contribution in [-0.2, 0) is 0 Å². The molecule has 0 fully saturated rings. The number of hydrogen-bond donors (Lipinski definition) is 0. The third-order valence-electron chi connectivity index (χ3n) is 4.09. The highest BCUT2D eigenvalue weighted by atomic mass is 35.5. The van der Waals surface area contributed by atoms with Crippen LogP contribution >= 0.6 is 11.6 Å². The summed E-state index contributed by atoms with van der Waals surface area (Å²) in [5.41, 5.74) is 5.47. The largest absolute Gasteiger partial charge is 0.310 e. The van der Waals surface area contributed by atoms with Crippen molar-refractivity contribution in [3.05, 3.63) is 102 Å². The molecule has 0 unspecified atom stereocenters. The lowest BCUT2D eigenvalue weighted by Gasteiger charge is -2.28. The van der Waals surface area contributed by atoms with E-state index >= 15 is 0 Å². The average Bonchev–Trinajstić information content (AvgIpc) is 2.64. The second-order valence-electron chi connectivity index (χ2n) is 5.76. The van der Waals surface area contributed by atoms with Crippen LogP contribution in [0.5, 0.6) is 0 Å². The van der Waals surface area contributed by atoms with Crippen LogP contribution in [0.25, 0.3) is 5.70 Å². The molecule has 0 N–H and O–H groups in total. The number of anilines is 2. The van der Waals surface area contributed by atoms with Gasteiger partial charge in [-0.1, -0.05) is 55.1 Å². The summed E-state index contributed by atoms with van der Waals surface area (Å²) in [6, 6.07) is 25.5. The maximum atomic E-state index is 11.3. The number of aryl methyl sites for hydroxylation is 1. The summed E-state index contributed by atoms with van der Waals surface area (Å²) in [6.07, 6.45) is 0. The zero-order valence-corrected chi connectivity index (χ0v) is 14.7. The molecule has 0 amide bonds. The molecule has 25 heavy (non-hydrogen) atoms. The van der Waals surface area contributed by atoms with E-state index < -0.39 is 5.24 Å². The first kappa shape index (κ1) is 17.0. The maximum Gasteiger partial charge on any atom is 0.252 e. The molecule has 2 nitrogen and oxygen atoms in total. The molecular formula is C22H18ClNO. The lowest BCUT2D eigenvalue weighted by atomic mass is 10.1. The molecule has 0 aliphatic rings. The van der Waals surface area contributed by atoms with Crippen LogP contribution in [-0.4, -0.2) is 5.24 Å². The second-order valence-corrected chi connectivity index (χ2v) is 6.10.